The number of carbonyl (C=O) groups excluding carboxylic acids is 2. The number of aromatic nitrogens is 2. The van der Waals surface area contributed by atoms with Crippen LogP contribution in [0.4, 0.5) is 0 Å². The van der Waals surface area contributed by atoms with Crippen molar-refractivity contribution in [3.63, 3.8) is 0 Å². The lowest BCUT2D eigenvalue weighted by atomic mass is 9.91. The summed E-state index contributed by atoms with van der Waals surface area (Å²) in [5.41, 5.74) is 5.64. The molecule has 9 heteroatoms. The molecule has 1 aromatic carbocycles. The summed E-state index contributed by atoms with van der Waals surface area (Å²) in [4.78, 5) is 38.1. The maximum atomic E-state index is 13.5. The van der Waals surface area contributed by atoms with Crippen LogP contribution in [0.15, 0.2) is 35.2 Å². The fraction of sp³-hybridized carbons (Fsp3) is 0.440. The Morgan fingerprint density at radius 3 is 2.53 bits per heavy atom. The molecule has 180 valence electrons. The highest BCUT2D eigenvalue weighted by molar-refractivity contribution is 7.13. The van der Waals surface area contributed by atoms with Crippen LogP contribution in [0.5, 0.6) is 0 Å². The highest BCUT2D eigenvalue weighted by Gasteiger charge is 2.42. The topological polar surface area (TPSA) is 95.4 Å². The first-order valence-corrected chi connectivity index (χ1v) is 13.2. The highest BCUT2D eigenvalue weighted by Crippen LogP contribution is 2.31. The third-order valence-corrected chi connectivity index (χ3v) is 7.95. The van der Waals surface area contributed by atoms with Crippen LogP contribution in [0, 0.1) is 19.8 Å². The molecule has 0 saturated carbocycles. The Bertz CT molecular complexity index is 1160. The molecule has 4 rings (SSSR count). The molecule has 1 saturated heterocycles. The number of nitrogens with one attached hydrogen (secondary N) is 1. The second-order valence-corrected chi connectivity index (χ2v) is 11.0. The van der Waals surface area contributed by atoms with E-state index in [1.165, 1.54) is 16.2 Å². The monoisotopic (exact) mass is 498 g/mol. The number of amides is 2. The van der Waals surface area contributed by atoms with Gasteiger partial charge in [-0.3, -0.25) is 9.59 Å². The fourth-order valence-electron chi connectivity index (χ4n) is 4.42. The minimum Gasteiger partial charge on any atom is -0.391 e. The number of aryl methyl sites for hydroxylation is 2. The second-order valence-electron chi connectivity index (χ2n) is 9.09. The first-order chi connectivity index (χ1) is 16.2. The van der Waals surface area contributed by atoms with Crippen LogP contribution in [0.1, 0.15) is 48.1 Å². The van der Waals surface area contributed by atoms with Crippen LogP contribution >= 0.6 is 22.7 Å². The molecule has 0 radical (unpaired) electrons. The van der Waals surface area contributed by atoms with Crippen LogP contribution in [0.3, 0.4) is 0 Å². The lowest BCUT2D eigenvalue weighted by Gasteiger charge is -2.29. The summed E-state index contributed by atoms with van der Waals surface area (Å²) in [6.45, 7) is 8.38. The summed E-state index contributed by atoms with van der Waals surface area (Å²) in [6.07, 6.45) is -0.478. The number of aliphatic hydroxyl groups excluding tert-OH is 1. The van der Waals surface area contributed by atoms with Crippen LogP contribution in [-0.2, 0) is 16.1 Å². The zero-order valence-electron chi connectivity index (χ0n) is 19.8. The van der Waals surface area contributed by atoms with Crippen LogP contribution in [0.2, 0.25) is 0 Å². The summed E-state index contributed by atoms with van der Waals surface area (Å²) in [6, 6.07) is 7.34. The molecular formula is C25H30N4O3S2. The zero-order chi connectivity index (χ0) is 24.4. The van der Waals surface area contributed by atoms with Gasteiger partial charge < -0.3 is 15.3 Å². The van der Waals surface area contributed by atoms with Gasteiger partial charge in [0.2, 0.25) is 11.8 Å². The molecule has 1 aliphatic heterocycles. The van der Waals surface area contributed by atoms with Gasteiger partial charge in [-0.2, -0.15) is 0 Å². The number of benzene rings is 1. The van der Waals surface area contributed by atoms with Crippen molar-refractivity contribution in [2.24, 2.45) is 5.92 Å². The largest absolute Gasteiger partial charge is 0.391 e. The highest BCUT2D eigenvalue weighted by atomic mass is 32.1. The summed E-state index contributed by atoms with van der Waals surface area (Å²) in [7, 11) is 0. The van der Waals surface area contributed by atoms with Gasteiger partial charge in [0.05, 0.1) is 38.8 Å². The number of hydrogen-bond donors (Lipinski definition) is 2. The van der Waals surface area contributed by atoms with Crippen LogP contribution < -0.4 is 5.32 Å². The van der Waals surface area contributed by atoms with Crippen LogP contribution in [0.25, 0.3) is 10.4 Å². The number of nitrogens with zero attached hydrogens (tertiary/aromatic N) is 3. The van der Waals surface area contributed by atoms with Crippen molar-refractivity contribution in [3.05, 3.63) is 57.1 Å². The summed E-state index contributed by atoms with van der Waals surface area (Å²) < 4.78 is 0. The van der Waals surface area contributed by atoms with Crippen molar-refractivity contribution in [2.75, 3.05) is 6.54 Å². The molecule has 3 heterocycles. The molecule has 3 aromatic rings. The van der Waals surface area contributed by atoms with E-state index in [2.05, 4.69) is 15.3 Å². The van der Waals surface area contributed by atoms with Gasteiger partial charge in [0.25, 0.3) is 0 Å². The number of β-amino-alcohol motifs (C(OH)–C–C–N with tert-alkyl or cyclic N) is 1. The van der Waals surface area contributed by atoms with Crippen molar-refractivity contribution >= 4 is 34.5 Å². The number of aliphatic hydroxyl groups is 1. The Balaban J connectivity index is 1.43. The molecule has 1 aliphatic rings. The molecule has 2 N–H and O–H groups in total. The van der Waals surface area contributed by atoms with Crippen molar-refractivity contribution in [1.29, 1.82) is 0 Å². The Hall–Kier alpha value is -2.62. The number of likely N-dealkylation sites (tertiary alicyclic amines) is 1. The third-order valence-electron chi connectivity index (χ3n) is 6.18. The first-order valence-electron chi connectivity index (χ1n) is 11.4. The summed E-state index contributed by atoms with van der Waals surface area (Å²) in [5.74, 6) is -0.810. The first kappa shape index (κ1) is 24.5. The number of carbonyl (C=O) groups is 2. The molecule has 7 nitrogen and oxygen atoms in total. The minimum absolute atomic E-state index is 0.0242. The minimum atomic E-state index is -0.716. The standard InChI is InChI=1S/C25H30N4O3S2/c1-14(2)22(20-12-33-16(4)28-20)25(32)29-11-19(30)9-21(29)24(31)26-10-17-5-7-18(8-6-17)23-15(3)27-13-34-23/h5-8,12-14,19,21-22,30H,9-11H2,1-4H3,(H,26,31)/t19-,21+,22?/m1/s1. The van der Waals surface area contributed by atoms with Crippen molar-refractivity contribution in [1.82, 2.24) is 20.2 Å². The zero-order valence-corrected chi connectivity index (χ0v) is 21.4. The maximum Gasteiger partial charge on any atom is 0.243 e. The Labute approximate surface area is 207 Å². The fourth-order valence-corrected chi connectivity index (χ4v) is 5.88. The van der Waals surface area contributed by atoms with Gasteiger partial charge >= 0.3 is 0 Å². The Morgan fingerprint density at radius 2 is 1.94 bits per heavy atom. The molecule has 3 atom stereocenters. The molecule has 1 unspecified atom stereocenters. The molecule has 2 aromatic heterocycles. The van der Waals surface area contributed by atoms with E-state index in [-0.39, 0.29) is 30.7 Å². The van der Waals surface area contributed by atoms with Gasteiger partial charge in [0.1, 0.15) is 6.04 Å². The van der Waals surface area contributed by atoms with E-state index in [0.29, 0.717) is 6.54 Å². The van der Waals surface area contributed by atoms with E-state index in [0.717, 1.165) is 32.4 Å². The Morgan fingerprint density at radius 1 is 1.21 bits per heavy atom. The molecule has 1 fully saturated rings. The van der Waals surface area contributed by atoms with Gasteiger partial charge in [-0.05, 0) is 30.9 Å². The molecule has 0 bridgehead atoms. The van der Waals surface area contributed by atoms with Gasteiger partial charge in [-0.15, -0.1) is 22.7 Å². The van der Waals surface area contributed by atoms with E-state index in [1.54, 1.807) is 11.3 Å². The number of hydrogen-bond acceptors (Lipinski definition) is 7. The smallest absolute Gasteiger partial charge is 0.243 e. The Kier molecular flexibility index (Phi) is 7.45. The van der Waals surface area contributed by atoms with Crippen LogP contribution in [-0.4, -0.2) is 50.5 Å². The number of rotatable bonds is 7. The van der Waals surface area contributed by atoms with E-state index in [4.69, 9.17) is 0 Å². The molecule has 0 aliphatic carbocycles. The predicted molar refractivity (Wildman–Crippen MR) is 135 cm³/mol. The molecule has 34 heavy (non-hydrogen) atoms. The quantitative estimate of drug-likeness (QED) is 0.515. The van der Waals surface area contributed by atoms with E-state index < -0.39 is 18.1 Å². The van der Waals surface area contributed by atoms with Gasteiger partial charge in [0, 0.05) is 24.9 Å². The average Bonchev–Trinajstić information content (AvgIpc) is 3.52. The lowest BCUT2D eigenvalue weighted by molar-refractivity contribution is -0.140. The molecular weight excluding hydrogens is 468 g/mol. The van der Waals surface area contributed by atoms with Crippen molar-refractivity contribution in [2.45, 2.75) is 58.7 Å². The lowest BCUT2D eigenvalue weighted by Crippen LogP contribution is -2.48. The maximum absolute atomic E-state index is 13.5. The van der Waals surface area contributed by atoms with Crippen molar-refractivity contribution in [3.8, 4) is 10.4 Å². The normalized spacial score (nSPS) is 18.9. The third kappa shape index (κ3) is 5.21. The van der Waals surface area contributed by atoms with E-state index in [1.807, 2.05) is 62.9 Å². The van der Waals surface area contributed by atoms with Gasteiger partial charge in [-0.1, -0.05) is 38.1 Å². The number of thiazole rings is 2. The average molecular weight is 499 g/mol. The van der Waals surface area contributed by atoms with E-state index in [9.17, 15) is 14.7 Å². The summed E-state index contributed by atoms with van der Waals surface area (Å²) >= 11 is 3.12. The molecule has 2 amide bonds. The molecule has 0 spiro atoms. The van der Waals surface area contributed by atoms with Gasteiger partial charge in [-0.25, -0.2) is 9.97 Å². The summed E-state index contributed by atoms with van der Waals surface area (Å²) in [5, 5.41) is 16.1. The van der Waals surface area contributed by atoms with Crippen molar-refractivity contribution < 1.29 is 14.7 Å². The SMILES string of the molecule is Cc1nc(C(C(=O)N2C[C@H](O)C[C@H]2C(=O)NCc2ccc(-c3scnc3C)cc2)C(C)C)cs1. The van der Waals surface area contributed by atoms with Gasteiger partial charge in [0.15, 0.2) is 0 Å². The second kappa shape index (κ2) is 10.3. The van der Waals surface area contributed by atoms with E-state index >= 15 is 0 Å². The predicted octanol–water partition coefficient (Wildman–Crippen LogP) is 3.90.